The molecule has 4 rings (SSSR count). The lowest BCUT2D eigenvalue weighted by Gasteiger charge is -2.39. The Labute approximate surface area is 165 Å². The molecule has 1 aliphatic heterocycles. The summed E-state index contributed by atoms with van der Waals surface area (Å²) >= 11 is 1.89. The van der Waals surface area contributed by atoms with E-state index in [1.807, 2.05) is 18.7 Å². The number of nitro groups is 1. The van der Waals surface area contributed by atoms with E-state index in [0.29, 0.717) is 5.54 Å². The molecule has 6 heteroatoms. The molecule has 0 amide bonds. The van der Waals surface area contributed by atoms with Crippen molar-refractivity contribution in [3.05, 3.63) is 33.9 Å². The van der Waals surface area contributed by atoms with Gasteiger partial charge in [-0.1, -0.05) is 43.9 Å². The van der Waals surface area contributed by atoms with Gasteiger partial charge in [0.15, 0.2) is 5.17 Å². The van der Waals surface area contributed by atoms with E-state index < -0.39 is 0 Å². The van der Waals surface area contributed by atoms with E-state index in [9.17, 15) is 10.1 Å². The second-order valence-electron chi connectivity index (χ2n) is 8.46. The molecule has 0 bridgehead atoms. The highest BCUT2D eigenvalue weighted by Gasteiger charge is 2.47. The zero-order chi connectivity index (χ0) is 18.9. The van der Waals surface area contributed by atoms with Crippen LogP contribution in [-0.2, 0) is 0 Å². The first kappa shape index (κ1) is 18.8. The number of aryl methyl sites for hydroxylation is 1. The molecule has 1 aromatic rings. The highest BCUT2D eigenvalue weighted by molar-refractivity contribution is 8.14. The van der Waals surface area contributed by atoms with Gasteiger partial charge in [-0.05, 0) is 50.2 Å². The molecule has 5 nitrogen and oxygen atoms in total. The van der Waals surface area contributed by atoms with Crippen molar-refractivity contribution in [2.75, 3.05) is 12.3 Å². The molecule has 1 spiro atoms. The number of aliphatic imine (C=N–C) groups is 1. The van der Waals surface area contributed by atoms with Crippen LogP contribution in [0, 0.1) is 23.0 Å². The van der Waals surface area contributed by atoms with E-state index in [1.54, 1.807) is 18.2 Å². The Kier molecular flexibility index (Phi) is 5.44. The standard InChI is InChI=1S/C21H29N3O2S/c1-16-13-18(24(25)26)9-10-19(16)22-20-23(14-17-7-3-2-4-8-17)21(15-27-20)11-5-6-12-21/h9-10,13,17H,2-8,11-12,14-15H2,1H3. The highest BCUT2D eigenvalue weighted by atomic mass is 32.2. The molecular weight excluding hydrogens is 358 g/mol. The Morgan fingerprint density at radius 1 is 1.22 bits per heavy atom. The predicted molar refractivity (Wildman–Crippen MR) is 112 cm³/mol. The summed E-state index contributed by atoms with van der Waals surface area (Å²) in [5.74, 6) is 1.93. The number of rotatable bonds is 4. The van der Waals surface area contributed by atoms with Gasteiger partial charge in [-0.25, -0.2) is 4.99 Å². The van der Waals surface area contributed by atoms with Crippen LogP contribution in [0.25, 0.3) is 0 Å². The third kappa shape index (κ3) is 3.86. The largest absolute Gasteiger partial charge is 0.344 e. The van der Waals surface area contributed by atoms with Crippen LogP contribution >= 0.6 is 11.8 Å². The van der Waals surface area contributed by atoms with Gasteiger partial charge in [0.05, 0.1) is 16.1 Å². The summed E-state index contributed by atoms with van der Waals surface area (Å²) in [5, 5.41) is 12.1. The van der Waals surface area contributed by atoms with E-state index in [1.165, 1.54) is 57.8 Å². The summed E-state index contributed by atoms with van der Waals surface area (Å²) < 4.78 is 0. The zero-order valence-corrected chi connectivity index (χ0v) is 17.0. The van der Waals surface area contributed by atoms with E-state index in [2.05, 4.69) is 4.90 Å². The first-order valence-corrected chi connectivity index (χ1v) is 11.3. The van der Waals surface area contributed by atoms with Crippen LogP contribution in [0.4, 0.5) is 11.4 Å². The first-order chi connectivity index (χ1) is 13.1. The van der Waals surface area contributed by atoms with E-state index in [-0.39, 0.29) is 10.6 Å². The van der Waals surface area contributed by atoms with E-state index in [4.69, 9.17) is 4.99 Å². The average Bonchev–Trinajstić information content (AvgIpc) is 3.27. The molecule has 1 saturated heterocycles. The number of nitro benzene ring substituents is 1. The fourth-order valence-corrected chi connectivity index (χ4v) is 6.41. The minimum atomic E-state index is -0.336. The smallest absolute Gasteiger partial charge is 0.269 e. The second kappa shape index (κ2) is 7.82. The van der Waals surface area contributed by atoms with Crippen LogP contribution in [0.15, 0.2) is 23.2 Å². The summed E-state index contributed by atoms with van der Waals surface area (Å²) in [6, 6.07) is 5.01. The summed E-state index contributed by atoms with van der Waals surface area (Å²) in [6.45, 7) is 3.06. The second-order valence-corrected chi connectivity index (χ2v) is 9.40. The number of hydrogen-bond donors (Lipinski definition) is 0. The van der Waals surface area contributed by atoms with Gasteiger partial charge in [0, 0.05) is 24.4 Å². The van der Waals surface area contributed by atoms with Gasteiger partial charge in [0.2, 0.25) is 0 Å². The number of thioether (sulfide) groups is 1. The van der Waals surface area contributed by atoms with Crippen LogP contribution in [0.1, 0.15) is 63.4 Å². The molecule has 27 heavy (non-hydrogen) atoms. The van der Waals surface area contributed by atoms with Crippen molar-refractivity contribution in [1.82, 2.24) is 4.90 Å². The number of benzene rings is 1. The molecule has 0 radical (unpaired) electrons. The van der Waals surface area contributed by atoms with Crippen LogP contribution in [-0.4, -0.2) is 32.8 Å². The molecule has 0 atom stereocenters. The van der Waals surface area contributed by atoms with Gasteiger partial charge < -0.3 is 4.90 Å². The maximum Gasteiger partial charge on any atom is 0.269 e. The van der Waals surface area contributed by atoms with Crippen LogP contribution < -0.4 is 0 Å². The van der Waals surface area contributed by atoms with Gasteiger partial charge in [0.25, 0.3) is 5.69 Å². The maximum absolute atomic E-state index is 11.0. The fourth-order valence-electron chi connectivity index (χ4n) is 4.98. The van der Waals surface area contributed by atoms with Crippen molar-refractivity contribution in [3.8, 4) is 0 Å². The molecule has 0 aromatic heterocycles. The van der Waals surface area contributed by atoms with Gasteiger partial charge >= 0.3 is 0 Å². The average molecular weight is 388 g/mol. The molecule has 2 saturated carbocycles. The lowest BCUT2D eigenvalue weighted by atomic mass is 9.87. The molecule has 1 heterocycles. The minimum Gasteiger partial charge on any atom is -0.344 e. The lowest BCUT2D eigenvalue weighted by Crippen LogP contribution is -2.47. The van der Waals surface area contributed by atoms with Gasteiger partial charge in [-0.3, -0.25) is 10.1 Å². The van der Waals surface area contributed by atoms with Crippen molar-refractivity contribution in [2.45, 2.75) is 70.3 Å². The molecule has 2 aliphatic carbocycles. The fraction of sp³-hybridized carbons (Fsp3) is 0.667. The van der Waals surface area contributed by atoms with E-state index in [0.717, 1.165) is 34.6 Å². The molecule has 0 unspecified atom stereocenters. The third-order valence-corrected chi connectivity index (χ3v) is 7.83. The Bertz CT molecular complexity index is 737. The SMILES string of the molecule is Cc1cc([N+](=O)[O-])ccc1N=C1SCC2(CCCC2)N1CC1CCCCC1. The van der Waals surface area contributed by atoms with Crippen LogP contribution in [0.3, 0.4) is 0 Å². The Morgan fingerprint density at radius 2 is 1.96 bits per heavy atom. The van der Waals surface area contributed by atoms with Crippen molar-refractivity contribution < 1.29 is 4.92 Å². The topological polar surface area (TPSA) is 58.7 Å². The quantitative estimate of drug-likeness (QED) is 0.481. The van der Waals surface area contributed by atoms with Gasteiger partial charge in [0.1, 0.15) is 0 Å². The van der Waals surface area contributed by atoms with Crippen molar-refractivity contribution in [3.63, 3.8) is 0 Å². The maximum atomic E-state index is 11.0. The number of nitrogens with zero attached hydrogens (tertiary/aromatic N) is 3. The number of non-ortho nitro benzene ring substituents is 1. The number of hydrogen-bond acceptors (Lipinski definition) is 4. The monoisotopic (exact) mass is 387 g/mol. The predicted octanol–water partition coefficient (Wildman–Crippen LogP) is 5.83. The molecule has 3 fully saturated rings. The van der Waals surface area contributed by atoms with E-state index >= 15 is 0 Å². The molecule has 3 aliphatic rings. The number of amidine groups is 1. The van der Waals surface area contributed by atoms with Crippen molar-refractivity contribution >= 4 is 28.3 Å². The first-order valence-electron chi connectivity index (χ1n) is 10.3. The summed E-state index contributed by atoms with van der Waals surface area (Å²) in [4.78, 5) is 18.3. The lowest BCUT2D eigenvalue weighted by molar-refractivity contribution is -0.384. The molecular formula is C21H29N3O2S. The molecule has 0 N–H and O–H groups in total. The normalized spacial score (nSPS) is 24.2. The minimum absolute atomic E-state index is 0.141. The Morgan fingerprint density at radius 3 is 2.63 bits per heavy atom. The zero-order valence-electron chi connectivity index (χ0n) is 16.2. The van der Waals surface area contributed by atoms with Crippen LogP contribution in [0.2, 0.25) is 0 Å². The summed E-state index contributed by atoms with van der Waals surface area (Å²) in [5.41, 5.74) is 2.19. The Hall–Kier alpha value is -1.56. The van der Waals surface area contributed by atoms with Crippen LogP contribution in [0.5, 0.6) is 0 Å². The molecule has 146 valence electrons. The van der Waals surface area contributed by atoms with Crippen molar-refractivity contribution in [2.24, 2.45) is 10.9 Å². The van der Waals surface area contributed by atoms with Gasteiger partial charge in [-0.15, -0.1) is 0 Å². The summed E-state index contributed by atoms with van der Waals surface area (Å²) in [6.07, 6.45) is 12.0. The molecule has 1 aromatic carbocycles. The van der Waals surface area contributed by atoms with Gasteiger partial charge in [-0.2, -0.15) is 0 Å². The highest BCUT2D eigenvalue weighted by Crippen LogP contribution is 2.46. The Balaban J connectivity index is 1.61. The van der Waals surface area contributed by atoms with Crippen molar-refractivity contribution in [1.29, 1.82) is 0 Å². The summed E-state index contributed by atoms with van der Waals surface area (Å²) in [7, 11) is 0. The third-order valence-electron chi connectivity index (χ3n) is 6.58.